The molecule has 0 saturated carbocycles. The number of rotatable bonds is 5. The Morgan fingerprint density at radius 1 is 0.267 bits per heavy atom. The summed E-state index contributed by atoms with van der Waals surface area (Å²) in [6, 6.07) is 84.7. The van der Waals surface area contributed by atoms with E-state index in [1.165, 1.54) is 160 Å². The van der Waals surface area contributed by atoms with E-state index >= 15 is 0 Å². The molecule has 16 rings (SSSR count). The Labute approximate surface area is 506 Å². The molecule has 0 radical (unpaired) electrons. The van der Waals surface area contributed by atoms with Crippen LogP contribution in [0.1, 0.15) is 105 Å². The van der Waals surface area contributed by atoms with Gasteiger partial charge in [-0.3, -0.25) is 0 Å². The predicted octanol–water partition coefficient (Wildman–Crippen LogP) is 20.0. The summed E-state index contributed by atoms with van der Waals surface area (Å²) >= 11 is 0. The van der Waals surface area contributed by atoms with Crippen molar-refractivity contribution in [3.8, 4) is 61.6 Å². The number of nitrogens with zero attached hydrogens (tertiary/aromatic N) is 3. The molecule has 0 saturated heterocycles. The van der Waals surface area contributed by atoms with Crippen molar-refractivity contribution in [2.75, 3.05) is 0 Å². The molecule has 0 bridgehead atoms. The van der Waals surface area contributed by atoms with Crippen LogP contribution in [-0.2, 0) is 21.7 Å². The second-order valence-corrected chi connectivity index (χ2v) is 29.0. The fourth-order valence-corrected chi connectivity index (χ4v) is 14.9. The minimum absolute atomic E-state index is 0.0569. The van der Waals surface area contributed by atoms with Gasteiger partial charge >= 0.3 is 0 Å². The highest BCUT2D eigenvalue weighted by Gasteiger charge is 2.43. The van der Waals surface area contributed by atoms with Crippen LogP contribution in [0, 0.1) is 0 Å². The van der Waals surface area contributed by atoms with Gasteiger partial charge in [0.25, 0.3) is 6.71 Å². The number of aromatic nitrogens is 3. The Morgan fingerprint density at radius 3 is 1.00 bits per heavy atom. The lowest BCUT2D eigenvalue weighted by molar-refractivity contribution is 0.590. The molecular formula is C82H72BN3. The fraction of sp³-hybridized carbons (Fsp3) is 0.195. The number of benzene rings is 11. The van der Waals surface area contributed by atoms with Crippen LogP contribution in [-0.4, -0.2) is 20.4 Å². The van der Waals surface area contributed by atoms with Gasteiger partial charge in [0.1, 0.15) is 0 Å². The molecule has 86 heavy (non-hydrogen) atoms. The van der Waals surface area contributed by atoms with E-state index in [0.29, 0.717) is 0 Å². The number of hydrogen-bond donors (Lipinski definition) is 0. The van der Waals surface area contributed by atoms with Gasteiger partial charge in [-0.2, -0.15) is 0 Å². The zero-order valence-corrected chi connectivity index (χ0v) is 51.7. The molecule has 3 nitrogen and oxygen atoms in total. The molecule has 0 unspecified atom stereocenters. The average molecular weight is 1110 g/mol. The summed E-state index contributed by atoms with van der Waals surface area (Å²) < 4.78 is 8.00. The van der Waals surface area contributed by atoms with E-state index in [1.807, 2.05) is 0 Å². The van der Waals surface area contributed by atoms with Crippen molar-refractivity contribution < 1.29 is 0 Å². The first kappa shape index (κ1) is 52.4. The Balaban J connectivity index is 1.11. The van der Waals surface area contributed by atoms with Crippen molar-refractivity contribution in [3.63, 3.8) is 0 Å². The molecule has 0 amide bonds. The zero-order valence-electron chi connectivity index (χ0n) is 51.7. The summed E-state index contributed by atoms with van der Waals surface area (Å²) in [4.78, 5) is 0. The van der Waals surface area contributed by atoms with Crippen molar-refractivity contribution >= 4 is 88.5 Å². The SMILES string of the molecule is CC(C)(C)c1ccc2c(c1)c1cc(-c3ccccc3-c3ccccc3)cc3c1n2-c1cc(-n2c4cc(C(C)(C)C)ccc4c4ccc(C(C)(C)C)cc42)cc2c1B3c1cc(-c3ccccc3-c3ccccc3)cc3c4cc(C(C)(C)C)ccc4n-2c13. The van der Waals surface area contributed by atoms with Crippen LogP contribution in [0.5, 0.6) is 0 Å². The first-order valence-corrected chi connectivity index (χ1v) is 31.0. The molecule has 3 aromatic heterocycles. The average Bonchev–Trinajstić information content (AvgIpc) is 1.43. The molecule has 0 N–H and O–H groups in total. The Bertz CT molecular complexity index is 4870. The van der Waals surface area contributed by atoms with Crippen LogP contribution >= 0.6 is 0 Å². The molecule has 2 aliphatic heterocycles. The summed E-state index contributed by atoms with van der Waals surface area (Å²) in [6.07, 6.45) is 0. The lowest BCUT2D eigenvalue weighted by atomic mass is 9.34. The van der Waals surface area contributed by atoms with Gasteiger partial charge in [-0.1, -0.05) is 241 Å². The molecular weight excluding hydrogens is 1040 g/mol. The third-order valence-electron chi connectivity index (χ3n) is 19.4. The Morgan fingerprint density at radius 2 is 0.616 bits per heavy atom. The lowest BCUT2D eigenvalue weighted by Gasteiger charge is -2.35. The van der Waals surface area contributed by atoms with Crippen LogP contribution in [0.4, 0.5) is 0 Å². The second kappa shape index (κ2) is 18.2. The summed E-state index contributed by atoms with van der Waals surface area (Å²) in [5.74, 6) is 0. The number of hydrogen-bond acceptors (Lipinski definition) is 0. The van der Waals surface area contributed by atoms with Crippen LogP contribution in [0.25, 0.3) is 127 Å². The lowest BCUT2D eigenvalue weighted by Crippen LogP contribution is -2.59. The van der Waals surface area contributed by atoms with E-state index in [1.54, 1.807) is 0 Å². The van der Waals surface area contributed by atoms with E-state index < -0.39 is 0 Å². The fourth-order valence-electron chi connectivity index (χ4n) is 14.9. The molecule has 418 valence electrons. The van der Waals surface area contributed by atoms with Crippen LogP contribution in [0.3, 0.4) is 0 Å². The normalized spacial score (nSPS) is 13.3. The van der Waals surface area contributed by atoms with Crippen molar-refractivity contribution in [2.24, 2.45) is 0 Å². The summed E-state index contributed by atoms with van der Waals surface area (Å²) in [5, 5.41) is 7.66. The maximum Gasteiger partial charge on any atom is 0.252 e. The standard InChI is InChI=1S/C82H72BN3/c1-79(2,3)53-33-37-70-64(43-53)66-39-51(60-29-21-19-27-58(60)49-23-15-13-16-24-49)41-68-77(66)85(70)74-47-57(84-72-45-55(81(7,8)9)31-35-62(72)63-36-32-56(46-73(63)84)82(10,11)12)48-75-76(74)83(68)69-42-52(61-30-22-20-28-59(61)50-25-17-14-18-26-50)40-67-65-44-54(80(4,5)6)34-38-71(65)86(75)78(67)69/h13-48H,1-12H3. The largest absolute Gasteiger partial charge is 0.310 e. The zero-order chi connectivity index (χ0) is 59.1. The maximum atomic E-state index is 2.69. The predicted molar refractivity (Wildman–Crippen MR) is 371 cm³/mol. The van der Waals surface area contributed by atoms with Gasteiger partial charge < -0.3 is 13.7 Å². The summed E-state index contributed by atoms with van der Waals surface area (Å²) in [5.41, 5.74) is 29.9. The van der Waals surface area contributed by atoms with Crippen molar-refractivity contribution in [2.45, 2.75) is 105 Å². The molecule has 2 aliphatic rings. The molecule has 5 heterocycles. The van der Waals surface area contributed by atoms with E-state index in [-0.39, 0.29) is 28.4 Å². The topological polar surface area (TPSA) is 14.8 Å². The van der Waals surface area contributed by atoms with Gasteiger partial charge in [0.05, 0.1) is 27.8 Å². The molecule has 4 heteroatoms. The summed E-state index contributed by atoms with van der Waals surface area (Å²) in [6.45, 7) is 28.0. The highest BCUT2D eigenvalue weighted by atomic mass is 15.1. The van der Waals surface area contributed by atoms with Gasteiger partial charge in [0, 0.05) is 54.7 Å². The molecule has 0 spiro atoms. The molecule has 0 fully saturated rings. The highest BCUT2D eigenvalue weighted by molar-refractivity contribution is 7.00. The van der Waals surface area contributed by atoms with E-state index in [0.717, 1.165) is 5.69 Å². The molecule has 11 aromatic carbocycles. The molecule has 0 atom stereocenters. The monoisotopic (exact) mass is 1110 g/mol. The van der Waals surface area contributed by atoms with Crippen molar-refractivity contribution in [1.82, 2.24) is 13.7 Å². The Hall–Kier alpha value is -9.12. The minimum atomic E-state index is -0.136. The van der Waals surface area contributed by atoms with E-state index in [4.69, 9.17) is 0 Å². The van der Waals surface area contributed by atoms with E-state index in [2.05, 4.69) is 315 Å². The first-order chi connectivity index (χ1) is 41.2. The molecule has 0 aliphatic carbocycles. The highest BCUT2D eigenvalue weighted by Crippen LogP contribution is 2.47. The maximum absolute atomic E-state index is 2.69. The van der Waals surface area contributed by atoms with Crippen LogP contribution in [0.2, 0.25) is 0 Å². The first-order valence-electron chi connectivity index (χ1n) is 31.0. The quantitative estimate of drug-likeness (QED) is 0.153. The molecule has 14 aromatic rings. The van der Waals surface area contributed by atoms with Gasteiger partial charge in [0.15, 0.2) is 0 Å². The minimum Gasteiger partial charge on any atom is -0.310 e. The smallest absolute Gasteiger partial charge is 0.252 e. The second-order valence-electron chi connectivity index (χ2n) is 29.0. The van der Waals surface area contributed by atoms with E-state index in [9.17, 15) is 0 Å². The third kappa shape index (κ3) is 7.80. The van der Waals surface area contributed by atoms with Gasteiger partial charge in [0.2, 0.25) is 0 Å². The van der Waals surface area contributed by atoms with Crippen LogP contribution in [0.15, 0.2) is 218 Å². The van der Waals surface area contributed by atoms with Gasteiger partial charge in [-0.05, 0) is 165 Å². The van der Waals surface area contributed by atoms with Crippen LogP contribution < -0.4 is 16.4 Å². The summed E-state index contributed by atoms with van der Waals surface area (Å²) in [7, 11) is 0. The number of fused-ring (bicyclic) bond motifs is 13. The van der Waals surface area contributed by atoms with Crippen molar-refractivity contribution in [1.29, 1.82) is 0 Å². The van der Waals surface area contributed by atoms with Gasteiger partial charge in [-0.25, -0.2) is 0 Å². The van der Waals surface area contributed by atoms with Crippen molar-refractivity contribution in [3.05, 3.63) is 241 Å². The third-order valence-corrected chi connectivity index (χ3v) is 19.4. The Kier molecular flexibility index (Phi) is 11.1. The van der Waals surface area contributed by atoms with Gasteiger partial charge in [-0.15, -0.1) is 0 Å².